The molecule has 54 valence electrons. The van der Waals surface area contributed by atoms with Gasteiger partial charge in [-0.3, -0.25) is 0 Å². The minimum atomic E-state index is 0.256. The maximum atomic E-state index is 8.86. The van der Waals surface area contributed by atoms with Crippen LogP contribution in [0.3, 0.4) is 0 Å². The van der Waals surface area contributed by atoms with Crippen molar-refractivity contribution in [2.24, 2.45) is 0 Å². The van der Waals surface area contributed by atoms with E-state index in [1.54, 1.807) is 24.3 Å². The lowest BCUT2D eigenvalue weighted by molar-refractivity contribution is 0.475. The predicted molar refractivity (Wildman–Crippen MR) is 42.0 cm³/mol. The van der Waals surface area contributed by atoms with Crippen LogP contribution >= 0.6 is 12.0 Å². The zero-order valence-electron chi connectivity index (χ0n) is 5.32. The Balaban J connectivity index is 2.69. The quantitative estimate of drug-likeness (QED) is 0.644. The molecule has 2 N–H and O–H groups in total. The molecular formula is C7H8O2S. The van der Waals surface area contributed by atoms with Crippen molar-refractivity contribution in [2.75, 3.05) is 0 Å². The van der Waals surface area contributed by atoms with Crippen molar-refractivity contribution in [3.63, 3.8) is 0 Å². The summed E-state index contributed by atoms with van der Waals surface area (Å²) in [5.74, 6) is 0.826. The van der Waals surface area contributed by atoms with Gasteiger partial charge in [-0.1, -0.05) is 12.1 Å². The summed E-state index contributed by atoms with van der Waals surface area (Å²) in [4.78, 5) is 0. The van der Waals surface area contributed by atoms with Crippen LogP contribution in [0, 0.1) is 0 Å². The molecule has 10 heavy (non-hydrogen) atoms. The second-order valence-corrected chi connectivity index (χ2v) is 2.49. The Morgan fingerprint density at radius 1 is 1.20 bits per heavy atom. The molecule has 2 nitrogen and oxygen atoms in total. The maximum absolute atomic E-state index is 8.86. The Kier molecular flexibility index (Phi) is 2.59. The van der Waals surface area contributed by atoms with E-state index >= 15 is 0 Å². The van der Waals surface area contributed by atoms with Crippen molar-refractivity contribution in [3.8, 4) is 5.75 Å². The van der Waals surface area contributed by atoms with E-state index in [9.17, 15) is 0 Å². The second kappa shape index (κ2) is 3.49. The van der Waals surface area contributed by atoms with Gasteiger partial charge in [0.2, 0.25) is 0 Å². The van der Waals surface area contributed by atoms with Crippen molar-refractivity contribution < 1.29 is 9.66 Å². The third-order valence-corrected chi connectivity index (χ3v) is 1.63. The van der Waals surface area contributed by atoms with E-state index in [1.807, 2.05) is 0 Å². The first-order valence-electron chi connectivity index (χ1n) is 2.87. The van der Waals surface area contributed by atoms with E-state index in [1.165, 1.54) is 0 Å². The van der Waals surface area contributed by atoms with E-state index in [0.717, 1.165) is 17.6 Å². The number of hydrogen-bond acceptors (Lipinski definition) is 3. The Labute approximate surface area is 63.7 Å². The summed E-state index contributed by atoms with van der Waals surface area (Å²) in [6, 6.07) is 6.76. The van der Waals surface area contributed by atoms with Crippen LogP contribution < -0.4 is 0 Å². The molecule has 0 fully saturated rings. The summed E-state index contributed by atoms with van der Waals surface area (Å²) in [6.45, 7) is 0. The molecule has 0 aliphatic carbocycles. The highest BCUT2D eigenvalue weighted by atomic mass is 32.2. The molecule has 1 rings (SSSR count). The van der Waals surface area contributed by atoms with Crippen LogP contribution in [0.5, 0.6) is 5.75 Å². The van der Waals surface area contributed by atoms with E-state index in [2.05, 4.69) is 0 Å². The average Bonchev–Trinajstić information content (AvgIpc) is 1.95. The molecule has 3 heteroatoms. The van der Waals surface area contributed by atoms with Gasteiger partial charge in [-0.15, -0.1) is 0 Å². The Bertz CT molecular complexity index is 195. The molecule has 1 aromatic rings. The van der Waals surface area contributed by atoms with Crippen LogP contribution in [0.4, 0.5) is 0 Å². The fourth-order valence-corrected chi connectivity index (χ4v) is 1.01. The summed E-state index contributed by atoms with van der Waals surface area (Å²) in [5, 5.41) is 8.86. The minimum absolute atomic E-state index is 0.256. The average molecular weight is 156 g/mol. The van der Waals surface area contributed by atoms with E-state index < -0.39 is 0 Å². The van der Waals surface area contributed by atoms with Gasteiger partial charge in [-0.2, -0.15) is 0 Å². The first-order chi connectivity index (χ1) is 4.83. The maximum Gasteiger partial charge on any atom is 0.115 e. The highest BCUT2D eigenvalue weighted by Gasteiger charge is 1.90. The molecule has 0 spiro atoms. The molecule has 0 saturated carbocycles. The molecule has 0 atom stereocenters. The number of phenolic OH excluding ortho intramolecular Hbond substituents is 1. The zero-order valence-corrected chi connectivity index (χ0v) is 6.14. The Morgan fingerprint density at radius 2 is 1.80 bits per heavy atom. The molecule has 0 saturated heterocycles. The topological polar surface area (TPSA) is 40.5 Å². The fourth-order valence-electron chi connectivity index (χ4n) is 0.667. The number of aromatic hydroxyl groups is 1. The smallest absolute Gasteiger partial charge is 0.115 e. The fraction of sp³-hybridized carbons (Fsp3) is 0.143. The molecular weight excluding hydrogens is 148 g/mol. The highest BCUT2D eigenvalue weighted by Crippen LogP contribution is 2.13. The minimum Gasteiger partial charge on any atom is -0.508 e. The molecule has 0 aliphatic heterocycles. The van der Waals surface area contributed by atoms with Gasteiger partial charge in [-0.25, -0.2) is 0 Å². The molecule has 0 bridgehead atoms. The molecule has 0 aliphatic rings. The van der Waals surface area contributed by atoms with Crippen molar-refractivity contribution in [2.45, 2.75) is 5.75 Å². The number of hydrogen-bond donors (Lipinski definition) is 2. The largest absolute Gasteiger partial charge is 0.508 e. The van der Waals surface area contributed by atoms with Crippen molar-refractivity contribution in [3.05, 3.63) is 29.8 Å². The molecule has 1 aromatic carbocycles. The van der Waals surface area contributed by atoms with Crippen LogP contribution in [0.15, 0.2) is 24.3 Å². The number of benzene rings is 1. The zero-order chi connectivity index (χ0) is 7.40. The lowest BCUT2D eigenvalue weighted by Gasteiger charge is -1.95. The number of phenols is 1. The van der Waals surface area contributed by atoms with Crippen molar-refractivity contribution in [1.29, 1.82) is 0 Å². The summed E-state index contributed by atoms with van der Waals surface area (Å²) >= 11 is 0.779. The monoisotopic (exact) mass is 156 g/mol. The SMILES string of the molecule is OSCc1ccc(O)cc1. The van der Waals surface area contributed by atoms with E-state index in [4.69, 9.17) is 9.66 Å². The predicted octanol–water partition coefficient (Wildman–Crippen LogP) is 2.10. The van der Waals surface area contributed by atoms with Crippen LogP contribution in [0.2, 0.25) is 0 Å². The third-order valence-electron chi connectivity index (χ3n) is 1.17. The first-order valence-corrected chi connectivity index (χ1v) is 3.81. The van der Waals surface area contributed by atoms with Gasteiger partial charge in [0.15, 0.2) is 0 Å². The van der Waals surface area contributed by atoms with E-state index in [-0.39, 0.29) is 5.75 Å². The van der Waals surface area contributed by atoms with E-state index in [0.29, 0.717) is 5.75 Å². The van der Waals surface area contributed by atoms with Crippen LogP contribution in [-0.2, 0) is 5.75 Å². The van der Waals surface area contributed by atoms with Crippen LogP contribution in [-0.4, -0.2) is 9.66 Å². The highest BCUT2D eigenvalue weighted by molar-refractivity contribution is 7.92. The first kappa shape index (κ1) is 7.44. The lowest BCUT2D eigenvalue weighted by atomic mass is 10.2. The van der Waals surface area contributed by atoms with Crippen molar-refractivity contribution in [1.82, 2.24) is 0 Å². The summed E-state index contributed by atoms with van der Waals surface area (Å²) < 4.78 is 8.44. The summed E-state index contributed by atoms with van der Waals surface area (Å²) in [6.07, 6.45) is 0. The Hall–Kier alpha value is -0.670. The lowest BCUT2D eigenvalue weighted by Crippen LogP contribution is -1.76. The van der Waals surface area contributed by atoms with Gasteiger partial charge in [0.25, 0.3) is 0 Å². The molecule has 0 aromatic heterocycles. The standard InChI is InChI=1S/C7H8O2S/c8-7-3-1-6(2-4-7)5-10-9/h1-4,8-9H,5H2. The van der Waals surface area contributed by atoms with Gasteiger partial charge in [0.1, 0.15) is 5.75 Å². The molecule has 0 radical (unpaired) electrons. The summed E-state index contributed by atoms with van der Waals surface area (Å²) in [5.41, 5.74) is 1.00. The van der Waals surface area contributed by atoms with Crippen LogP contribution in [0.25, 0.3) is 0 Å². The number of rotatable bonds is 2. The van der Waals surface area contributed by atoms with Gasteiger partial charge in [0.05, 0.1) is 0 Å². The van der Waals surface area contributed by atoms with Crippen molar-refractivity contribution >= 4 is 12.0 Å². The molecule has 0 heterocycles. The van der Waals surface area contributed by atoms with Crippen LogP contribution in [0.1, 0.15) is 5.56 Å². The second-order valence-electron chi connectivity index (χ2n) is 1.94. The molecule has 0 unspecified atom stereocenters. The Morgan fingerprint density at radius 3 is 2.30 bits per heavy atom. The normalized spacial score (nSPS) is 9.70. The van der Waals surface area contributed by atoms with Gasteiger partial charge >= 0.3 is 0 Å². The van der Waals surface area contributed by atoms with Gasteiger partial charge < -0.3 is 9.66 Å². The van der Waals surface area contributed by atoms with Gasteiger partial charge in [-0.05, 0) is 29.7 Å². The van der Waals surface area contributed by atoms with Gasteiger partial charge in [0, 0.05) is 5.75 Å². The summed E-state index contributed by atoms with van der Waals surface area (Å²) in [7, 11) is 0. The molecule has 0 amide bonds. The third kappa shape index (κ3) is 1.93.